The normalized spacial score (nSPS) is 22.8. The Labute approximate surface area is 213 Å². The molecule has 198 valence electrons. The number of rotatable bonds is 5. The second-order valence-corrected chi connectivity index (χ2v) is 11.3. The van der Waals surface area contributed by atoms with Gasteiger partial charge in [-0.25, -0.2) is 22.2 Å². The molecule has 1 fully saturated rings. The lowest BCUT2D eigenvalue weighted by molar-refractivity contribution is -0.192. The quantitative estimate of drug-likeness (QED) is 0.418. The van der Waals surface area contributed by atoms with Crippen molar-refractivity contribution >= 4 is 26.7 Å². The van der Waals surface area contributed by atoms with Crippen molar-refractivity contribution in [1.82, 2.24) is 14.3 Å². The van der Waals surface area contributed by atoms with E-state index in [0.717, 1.165) is 30.0 Å². The minimum atomic E-state index is -4.38. The molecule has 1 saturated heterocycles. The first-order valence-corrected chi connectivity index (χ1v) is 13.6. The second-order valence-electron chi connectivity index (χ2n) is 8.89. The van der Waals surface area contributed by atoms with Gasteiger partial charge in [0.2, 0.25) is 5.13 Å². The number of sulfonamides is 1. The highest BCUT2D eigenvalue weighted by Gasteiger charge is 2.46. The van der Waals surface area contributed by atoms with E-state index in [1.54, 1.807) is 0 Å². The van der Waals surface area contributed by atoms with Crippen LogP contribution in [0.3, 0.4) is 0 Å². The van der Waals surface area contributed by atoms with Crippen LogP contribution in [0.4, 0.5) is 27.1 Å². The number of piperidine rings is 1. The van der Waals surface area contributed by atoms with Crippen LogP contribution in [-0.2, 0) is 10.0 Å². The van der Waals surface area contributed by atoms with Crippen LogP contribution >= 0.6 is 11.5 Å². The van der Waals surface area contributed by atoms with Gasteiger partial charge in [-0.05, 0) is 43.1 Å². The molecule has 0 aliphatic carbocycles. The van der Waals surface area contributed by atoms with Crippen LogP contribution in [0.25, 0.3) is 0 Å². The largest absolute Gasteiger partial charge is 0.493 e. The molecule has 2 aliphatic heterocycles. The van der Waals surface area contributed by atoms with E-state index in [0.29, 0.717) is 17.5 Å². The first kappa shape index (κ1) is 25.8. The summed E-state index contributed by atoms with van der Waals surface area (Å²) in [7, 11) is -4.34. The molecule has 1 N–H and O–H groups in total. The molecule has 2 aliphatic rings. The van der Waals surface area contributed by atoms with Crippen LogP contribution in [0.15, 0.2) is 47.6 Å². The van der Waals surface area contributed by atoms with Gasteiger partial charge in [0, 0.05) is 41.7 Å². The Kier molecular flexibility index (Phi) is 6.83. The first-order valence-electron chi connectivity index (χ1n) is 11.4. The minimum Gasteiger partial charge on any atom is -0.493 e. The van der Waals surface area contributed by atoms with Gasteiger partial charge in [0.05, 0.1) is 12.5 Å². The molecule has 1 aromatic heterocycles. The maximum absolute atomic E-state index is 15.2. The molecule has 3 atom stereocenters. The third kappa shape index (κ3) is 5.27. The van der Waals surface area contributed by atoms with Crippen molar-refractivity contribution < 1.29 is 35.1 Å². The standard InChI is InChI=1S/C23H21F5N4O3S2/c24-15-3-1-13(2-4-15)19-9-14(23(26,27)28)5-7-32(19)18-6-8-35-20-11-21(17(25)10-16(18)20)37(33,34)31-22-29-12-30-36-22/h1-4,10-12,14,18-19H,5-9H2,(H,29,30,31)/t14-,18?,19+/m0/s1. The highest BCUT2D eigenvalue weighted by Crippen LogP contribution is 2.48. The topological polar surface area (TPSA) is 84.4 Å². The minimum absolute atomic E-state index is 0.0365. The molecular weight excluding hydrogens is 539 g/mol. The van der Waals surface area contributed by atoms with Gasteiger partial charge in [0.15, 0.2) is 0 Å². The number of hydrogen-bond donors (Lipinski definition) is 1. The van der Waals surface area contributed by atoms with E-state index in [9.17, 15) is 26.0 Å². The summed E-state index contributed by atoms with van der Waals surface area (Å²) in [6, 6.07) is 6.22. The summed E-state index contributed by atoms with van der Waals surface area (Å²) in [4.78, 5) is 4.94. The van der Waals surface area contributed by atoms with Gasteiger partial charge in [0.25, 0.3) is 10.0 Å². The fourth-order valence-corrected chi connectivity index (χ4v) is 6.71. The number of halogens is 5. The molecule has 14 heteroatoms. The lowest BCUT2D eigenvalue weighted by Gasteiger charge is -2.46. The smallest absolute Gasteiger partial charge is 0.391 e. The SMILES string of the molecule is O=S(=O)(Nc1ncns1)c1cc2c(cc1F)C(N1CC[C@H](C(F)(F)F)C[C@@H]1c1ccc(F)cc1)CCO2. The Balaban J connectivity index is 1.50. The number of fused-ring (bicyclic) bond motifs is 1. The number of aromatic nitrogens is 2. The number of anilines is 1. The van der Waals surface area contributed by atoms with E-state index in [1.165, 1.54) is 24.3 Å². The van der Waals surface area contributed by atoms with Gasteiger partial charge < -0.3 is 4.74 Å². The lowest BCUT2D eigenvalue weighted by atomic mass is 9.84. The van der Waals surface area contributed by atoms with E-state index in [2.05, 4.69) is 14.1 Å². The second kappa shape index (κ2) is 9.80. The Hall–Kier alpha value is -2.84. The average molecular weight is 561 g/mol. The summed E-state index contributed by atoms with van der Waals surface area (Å²) in [5.74, 6) is -2.94. The number of nitrogens with one attached hydrogen (secondary N) is 1. The van der Waals surface area contributed by atoms with Crippen molar-refractivity contribution in [2.75, 3.05) is 17.9 Å². The zero-order chi connectivity index (χ0) is 26.4. The predicted molar refractivity (Wildman–Crippen MR) is 125 cm³/mol. The van der Waals surface area contributed by atoms with Gasteiger partial charge in [-0.1, -0.05) is 12.1 Å². The Morgan fingerprint density at radius 1 is 1.08 bits per heavy atom. The average Bonchev–Trinajstić information content (AvgIpc) is 3.35. The van der Waals surface area contributed by atoms with Crippen LogP contribution in [0.1, 0.15) is 42.5 Å². The van der Waals surface area contributed by atoms with Gasteiger partial charge in [0.1, 0.15) is 28.6 Å². The zero-order valence-electron chi connectivity index (χ0n) is 19.1. The maximum atomic E-state index is 15.2. The fraction of sp³-hybridized carbons (Fsp3) is 0.391. The highest BCUT2D eigenvalue weighted by atomic mass is 32.2. The van der Waals surface area contributed by atoms with Crippen LogP contribution in [0, 0.1) is 17.6 Å². The Morgan fingerprint density at radius 2 is 1.84 bits per heavy atom. The molecule has 37 heavy (non-hydrogen) atoms. The molecule has 0 spiro atoms. The van der Waals surface area contributed by atoms with Crippen LogP contribution in [-0.4, -0.2) is 42.0 Å². The first-order chi connectivity index (χ1) is 17.5. The monoisotopic (exact) mass is 560 g/mol. The zero-order valence-corrected chi connectivity index (χ0v) is 20.7. The number of nitrogens with zero attached hydrogens (tertiary/aromatic N) is 3. The summed E-state index contributed by atoms with van der Waals surface area (Å²) >= 11 is 0.784. The number of alkyl halides is 3. The summed E-state index contributed by atoms with van der Waals surface area (Å²) in [6.07, 6.45) is -3.25. The lowest BCUT2D eigenvalue weighted by Crippen LogP contribution is -2.44. The third-order valence-corrected chi connectivity index (χ3v) is 8.77. The van der Waals surface area contributed by atoms with Gasteiger partial charge in [-0.2, -0.15) is 17.5 Å². The van der Waals surface area contributed by atoms with Crippen molar-refractivity contribution in [1.29, 1.82) is 0 Å². The number of likely N-dealkylation sites (tertiary alicyclic amines) is 1. The van der Waals surface area contributed by atoms with Crippen molar-refractivity contribution in [2.24, 2.45) is 5.92 Å². The van der Waals surface area contributed by atoms with Gasteiger partial charge in [-0.3, -0.25) is 9.62 Å². The van der Waals surface area contributed by atoms with E-state index >= 15 is 4.39 Å². The van der Waals surface area contributed by atoms with Crippen LogP contribution in [0.5, 0.6) is 5.75 Å². The van der Waals surface area contributed by atoms with E-state index in [1.807, 2.05) is 4.90 Å². The summed E-state index contributed by atoms with van der Waals surface area (Å²) in [5.41, 5.74) is 0.862. The third-order valence-electron chi connectivity index (χ3n) is 6.71. The Morgan fingerprint density at radius 3 is 2.51 bits per heavy atom. The van der Waals surface area contributed by atoms with E-state index in [4.69, 9.17) is 4.74 Å². The molecule has 0 amide bonds. The van der Waals surface area contributed by atoms with E-state index in [-0.39, 0.29) is 36.9 Å². The molecule has 3 heterocycles. The summed E-state index contributed by atoms with van der Waals surface area (Å²) in [5, 5.41) is -0.0365. The van der Waals surface area contributed by atoms with Gasteiger partial charge >= 0.3 is 6.18 Å². The molecule has 0 bridgehead atoms. The molecule has 7 nitrogen and oxygen atoms in total. The van der Waals surface area contributed by atoms with Crippen molar-refractivity contribution in [3.8, 4) is 5.75 Å². The fourth-order valence-electron chi connectivity index (χ4n) is 4.98. The van der Waals surface area contributed by atoms with Crippen molar-refractivity contribution in [2.45, 2.75) is 42.4 Å². The molecule has 3 aromatic rings. The summed E-state index contributed by atoms with van der Waals surface area (Å²) in [6.45, 7) is 0.221. The highest BCUT2D eigenvalue weighted by molar-refractivity contribution is 7.93. The van der Waals surface area contributed by atoms with Gasteiger partial charge in [-0.15, -0.1) is 0 Å². The molecule has 1 unspecified atom stereocenters. The molecule has 5 rings (SSSR count). The van der Waals surface area contributed by atoms with Crippen LogP contribution in [0.2, 0.25) is 0 Å². The van der Waals surface area contributed by atoms with Crippen molar-refractivity contribution in [3.05, 3.63) is 65.5 Å². The number of hydrogen-bond acceptors (Lipinski definition) is 7. The molecule has 0 radical (unpaired) electrons. The van der Waals surface area contributed by atoms with Crippen LogP contribution < -0.4 is 9.46 Å². The predicted octanol–water partition coefficient (Wildman–Crippen LogP) is 5.46. The Bertz CT molecular complexity index is 1370. The molecular formula is C23H21F5N4O3S2. The molecule has 2 aromatic carbocycles. The van der Waals surface area contributed by atoms with E-state index < -0.39 is 50.7 Å². The number of ether oxygens (including phenoxy) is 1. The number of benzene rings is 2. The summed E-state index contributed by atoms with van der Waals surface area (Å²) < 4.78 is 107. The maximum Gasteiger partial charge on any atom is 0.391 e. The van der Waals surface area contributed by atoms with Crippen molar-refractivity contribution in [3.63, 3.8) is 0 Å². The molecule has 0 saturated carbocycles.